The van der Waals surface area contributed by atoms with Gasteiger partial charge < -0.3 is 14.3 Å². The van der Waals surface area contributed by atoms with E-state index < -0.39 is 0 Å². The molecule has 3 heterocycles. The molecule has 1 amide bonds. The highest BCUT2D eigenvalue weighted by Gasteiger charge is 2.22. The molecule has 0 atom stereocenters. The van der Waals surface area contributed by atoms with Crippen molar-refractivity contribution in [3.05, 3.63) is 34.2 Å². The molecule has 21 heavy (non-hydrogen) atoms. The van der Waals surface area contributed by atoms with E-state index in [1.807, 2.05) is 24.0 Å². The normalized spacial score (nSPS) is 15.5. The largest absolute Gasteiger partial charge is 0.360 e. The second-order valence-electron chi connectivity index (χ2n) is 5.24. The number of thiophene rings is 1. The summed E-state index contributed by atoms with van der Waals surface area (Å²) in [6.45, 7) is 5.04. The summed E-state index contributed by atoms with van der Waals surface area (Å²) in [7, 11) is 0. The van der Waals surface area contributed by atoms with Crippen LogP contribution < -0.4 is 4.90 Å². The van der Waals surface area contributed by atoms with Gasteiger partial charge in [0.2, 0.25) is 5.91 Å². The van der Waals surface area contributed by atoms with E-state index in [1.54, 1.807) is 11.3 Å². The lowest BCUT2D eigenvalue weighted by Crippen LogP contribution is -2.49. The molecule has 2 aromatic rings. The third kappa shape index (κ3) is 3.44. The van der Waals surface area contributed by atoms with Crippen molar-refractivity contribution in [2.24, 2.45) is 0 Å². The first-order valence-corrected chi connectivity index (χ1v) is 8.09. The number of hydrogen-bond acceptors (Lipinski definition) is 5. The van der Waals surface area contributed by atoms with E-state index in [4.69, 9.17) is 4.52 Å². The molecular weight excluding hydrogens is 286 g/mol. The maximum absolute atomic E-state index is 12.2. The number of anilines is 1. The number of rotatable bonds is 4. The topological polar surface area (TPSA) is 49.6 Å². The van der Waals surface area contributed by atoms with Crippen molar-refractivity contribution in [1.82, 2.24) is 10.1 Å². The average Bonchev–Trinajstić information content (AvgIpc) is 3.16. The quantitative estimate of drug-likeness (QED) is 0.870. The van der Waals surface area contributed by atoms with Crippen LogP contribution >= 0.6 is 11.3 Å². The van der Waals surface area contributed by atoms with Gasteiger partial charge in [0.25, 0.3) is 0 Å². The van der Waals surface area contributed by atoms with Gasteiger partial charge in [0.05, 0.1) is 0 Å². The minimum atomic E-state index is 0.249. The maximum Gasteiger partial charge on any atom is 0.223 e. The van der Waals surface area contributed by atoms with Crippen LogP contribution in [0.1, 0.15) is 17.1 Å². The van der Waals surface area contributed by atoms with Crippen LogP contribution in [0.3, 0.4) is 0 Å². The van der Waals surface area contributed by atoms with Gasteiger partial charge in [-0.15, -0.1) is 11.3 Å². The molecule has 6 heteroatoms. The summed E-state index contributed by atoms with van der Waals surface area (Å²) in [5.74, 6) is 1.94. The highest BCUT2D eigenvalue weighted by atomic mass is 32.1. The van der Waals surface area contributed by atoms with E-state index in [1.165, 1.54) is 4.88 Å². The average molecular weight is 305 g/mol. The molecular formula is C15H19N3O2S. The minimum Gasteiger partial charge on any atom is -0.360 e. The zero-order valence-electron chi connectivity index (χ0n) is 12.1. The van der Waals surface area contributed by atoms with Gasteiger partial charge in [0.15, 0.2) is 5.82 Å². The highest BCUT2D eigenvalue weighted by molar-refractivity contribution is 7.09. The number of nitrogens with zero attached hydrogens (tertiary/aromatic N) is 3. The number of hydrogen-bond donors (Lipinski definition) is 0. The van der Waals surface area contributed by atoms with Gasteiger partial charge in [0, 0.05) is 43.5 Å². The summed E-state index contributed by atoms with van der Waals surface area (Å²) in [5.41, 5.74) is 0. The molecule has 0 bridgehead atoms. The summed E-state index contributed by atoms with van der Waals surface area (Å²) in [6, 6.07) is 6.06. The van der Waals surface area contributed by atoms with Crippen LogP contribution in [0.2, 0.25) is 0 Å². The van der Waals surface area contributed by atoms with Crippen molar-refractivity contribution in [2.75, 3.05) is 31.1 Å². The summed E-state index contributed by atoms with van der Waals surface area (Å²) in [6.07, 6.45) is 1.45. The molecule has 0 saturated carbocycles. The van der Waals surface area contributed by atoms with Crippen molar-refractivity contribution in [2.45, 2.75) is 19.8 Å². The van der Waals surface area contributed by atoms with Gasteiger partial charge in [-0.1, -0.05) is 11.2 Å². The third-order valence-electron chi connectivity index (χ3n) is 3.74. The Kier molecular flexibility index (Phi) is 4.24. The molecule has 1 aliphatic heterocycles. The zero-order chi connectivity index (χ0) is 14.7. The number of piperazine rings is 1. The van der Waals surface area contributed by atoms with Crippen molar-refractivity contribution >= 4 is 23.1 Å². The molecule has 0 N–H and O–H groups in total. The first kappa shape index (κ1) is 14.1. The maximum atomic E-state index is 12.2. The van der Waals surface area contributed by atoms with Crippen molar-refractivity contribution in [1.29, 1.82) is 0 Å². The van der Waals surface area contributed by atoms with Crippen LogP contribution in [-0.2, 0) is 11.2 Å². The van der Waals surface area contributed by atoms with Gasteiger partial charge in [0.1, 0.15) is 5.76 Å². The second kappa shape index (κ2) is 6.30. The lowest BCUT2D eigenvalue weighted by molar-refractivity contribution is -0.131. The first-order chi connectivity index (χ1) is 10.2. The molecule has 0 unspecified atom stereocenters. The third-order valence-corrected chi connectivity index (χ3v) is 4.67. The fraction of sp³-hybridized carbons (Fsp3) is 0.467. The predicted octanol–water partition coefficient (Wildman–Crippen LogP) is 2.33. The highest BCUT2D eigenvalue weighted by Crippen LogP contribution is 2.17. The molecule has 0 spiro atoms. The fourth-order valence-electron chi connectivity index (χ4n) is 2.53. The molecule has 0 aromatic carbocycles. The van der Waals surface area contributed by atoms with Gasteiger partial charge >= 0.3 is 0 Å². The Labute approximate surface area is 128 Å². The Morgan fingerprint density at radius 1 is 1.38 bits per heavy atom. The molecule has 112 valence electrons. The number of amides is 1. The number of carbonyl (C=O) groups is 1. The van der Waals surface area contributed by atoms with Crippen molar-refractivity contribution in [3.8, 4) is 0 Å². The molecule has 3 rings (SSSR count). The molecule has 1 aliphatic rings. The van der Waals surface area contributed by atoms with Gasteiger partial charge in [-0.05, 0) is 24.8 Å². The van der Waals surface area contributed by atoms with Crippen LogP contribution in [0.15, 0.2) is 28.1 Å². The standard InChI is InChI=1S/C15H19N3O2S/c1-12-11-14(16-20-12)17-6-8-18(9-7-17)15(19)5-4-13-3-2-10-21-13/h2-3,10-11H,4-9H2,1H3. The molecule has 1 saturated heterocycles. The number of carbonyl (C=O) groups excluding carboxylic acids is 1. The van der Waals surface area contributed by atoms with E-state index in [9.17, 15) is 4.79 Å². The van der Waals surface area contributed by atoms with Crippen LogP contribution in [-0.4, -0.2) is 42.1 Å². The van der Waals surface area contributed by atoms with Crippen LogP contribution in [0.5, 0.6) is 0 Å². The minimum absolute atomic E-state index is 0.249. The summed E-state index contributed by atoms with van der Waals surface area (Å²) in [5, 5.41) is 6.08. The van der Waals surface area contributed by atoms with Gasteiger partial charge in [-0.25, -0.2) is 0 Å². The van der Waals surface area contributed by atoms with E-state index in [-0.39, 0.29) is 5.91 Å². The van der Waals surface area contributed by atoms with E-state index >= 15 is 0 Å². The molecule has 1 fully saturated rings. The monoisotopic (exact) mass is 305 g/mol. The summed E-state index contributed by atoms with van der Waals surface area (Å²) < 4.78 is 5.10. The second-order valence-corrected chi connectivity index (χ2v) is 6.28. The van der Waals surface area contributed by atoms with E-state index in [0.717, 1.165) is 44.2 Å². The Bertz CT molecular complexity index is 586. The summed E-state index contributed by atoms with van der Waals surface area (Å²) >= 11 is 1.71. The van der Waals surface area contributed by atoms with E-state index in [2.05, 4.69) is 21.5 Å². The number of aryl methyl sites for hydroxylation is 2. The smallest absolute Gasteiger partial charge is 0.223 e. The number of aromatic nitrogens is 1. The lowest BCUT2D eigenvalue weighted by atomic mass is 10.2. The Balaban J connectivity index is 1.47. The van der Waals surface area contributed by atoms with Crippen LogP contribution in [0.4, 0.5) is 5.82 Å². The first-order valence-electron chi connectivity index (χ1n) is 7.21. The Morgan fingerprint density at radius 2 is 2.19 bits per heavy atom. The molecule has 2 aromatic heterocycles. The molecule has 0 aliphatic carbocycles. The SMILES string of the molecule is Cc1cc(N2CCN(C(=O)CCc3cccs3)CC2)no1. The van der Waals surface area contributed by atoms with E-state index in [0.29, 0.717) is 6.42 Å². The molecule has 5 nitrogen and oxygen atoms in total. The van der Waals surface area contributed by atoms with Crippen LogP contribution in [0, 0.1) is 6.92 Å². The van der Waals surface area contributed by atoms with Crippen molar-refractivity contribution in [3.63, 3.8) is 0 Å². The lowest BCUT2D eigenvalue weighted by Gasteiger charge is -2.34. The fourth-order valence-corrected chi connectivity index (χ4v) is 3.24. The van der Waals surface area contributed by atoms with Gasteiger partial charge in [-0.3, -0.25) is 4.79 Å². The molecule has 0 radical (unpaired) electrons. The van der Waals surface area contributed by atoms with Crippen molar-refractivity contribution < 1.29 is 9.32 Å². The Morgan fingerprint density at radius 3 is 2.81 bits per heavy atom. The van der Waals surface area contributed by atoms with Crippen LogP contribution in [0.25, 0.3) is 0 Å². The Hall–Kier alpha value is -1.82. The predicted molar refractivity (Wildman–Crippen MR) is 82.7 cm³/mol. The van der Waals surface area contributed by atoms with Gasteiger partial charge in [-0.2, -0.15) is 0 Å². The summed E-state index contributed by atoms with van der Waals surface area (Å²) in [4.78, 5) is 17.6. The zero-order valence-corrected chi connectivity index (χ0v) is 12.9.